The molecule has 0 saturated carbocycles. The van der Waals surface area contributed by atoms with Crippen LogP contribution in [0.4, 0.5) is 0 Å². The maximum absolute atomic E-state index is 9.45. The van der Waals surface area contributed by atoms with Gasteiger partial charge in [0.2, 0.25) is 0 Å². The highest BCUT2D eigenvalue weighted by molar-refractivity contribution is 6.71. The molecule has 0 aliphatic heterocycles. The van der Waals surface area contributed by atoms with Crippen molar-refractivity contribution >= 4 is 14.0 Å². The van der Waals surface area contributed by atoms with Gasteiger partial charge in [0.05, 0.1) is 8.80 Å². The minimum atomic E-state index is -0.621. The SMILES string of the molecule is C[Si](C)c1cc(O)ccc1OC(C)(C)C. The molecule has 0 heterocycles. The van der Waals surface area contributed by atoms with Gasteiger partial charge in [-0.3, -0.25) is 0 Å². The molecule has 0 aliphatic carbocycles. The van der Waals surface area contributed by atoms with Gasteiger partial charge < -0.3 is 9.84 Å². The van der Waals surface area contributed by atoms with Crippen molar-refractivity contribution in [1.29, 1.82) is 0 Å². The van der Waals surface area contributed by atoms with Gasteiger partial charge in [-0.15, -0.1) is 0 Å². The fourth-order valence-corrected chi connectivity index (χ4v) is 2.39. The van der Waals surface area contributed by atoms with E-state index in [0.29, 0.717) is 5.75 Å². The molecule has 2 nitrogen and oxygen atoms in total. The van der Waals surface area contributed by atoms with Gasteiger partial charge >= 0.3 is 0 Å². The smallest absolute Gasteiger partial charge is 0.119 e. The van der Waals surface area contributed by atoms with E-state index in [1.54, 1.807) is 6.07 Å². The molecule has 3 heteroatoms. The Balaban J connectivity index is 3.06. The third kappa shape index (κ3) is 3.59. The quantitative estimate of drug-likeness (QED) is 0.781. The van der Waals surface area contributed by atoms with E-state index in [1.807, 2.05) is 32.9 Å². The van der Waals surface area contributed by atoms with Crippen molar-refractivity contribution in [3.63, 3.8) is 0 Å². The number of aromatic hydroxyl groups is 1. The molecule has 0 bridgehead atoms. The lowest BCUT2D eigenvalue weighted by atomic mass is 10.2. The molecule has 0 amide bonds. The molecule has 0 aliphatic rings. The van der Waals surface area contributed by atoms with Crippen LogP contribution in [0.15, 0.2) is 18.2 Å². The summed E-state index contributed by atoms with van der Waals surface area (Å²) in [6.07, 6.45) is 0. The van der Waals surface area contributed by atoms with Crippen LogP contribution in [0.1, 0.15) is 20.8 Å². The summed E-state index contributed by atoms with van der Waals surface area (Å²) in [4.78, 5) is 0. The summed E-state index contributed by atoms with van der Waals surface area (Å²) in [6, 6.07) is 5.35. The molecule has 1 aromatic rings. The van der Waals surface area contributed by atoms with Crippen molar-refractivity contribution in [2.45, 2.75) is 39.5 Å². The Morgan fingerprint density at radius 3 is 2.27 bits per heavy atom. The van der Waals surface area contributed by atoms with E-state index in [2.05, 4.69) is 13.1 Å². The van der Waals surface area contributed by atoms with Gasteiger partial charge in [-0.25, -0.2) is 0 Å². The number of phenolic OH excluding ortho intramolecular Hbond substituents is 1. The van der Waals surface area contributed by atoms with Gasteiger partial charge in [-0.2, -0.15) is 0 Å². The van der Waals surface area contributed by atoms with Crippen LogP contribution in [-0.2, 0) is 0 Å². The van der Waals surface area contributed by atoms with E-state index in [4.69, 9.17) is 4.74 Å². The Labute approximate surface area is 93.5 Å². The summed E-state index contributed by atoms with van der Waals surface area (Å²) in [5, 5.41) is 10.6. The van der Waals surface area contributed by atoms with Gasteiger partial charge in [-0.05, 0) is 44.2 Å². The van der Waals surface area contributed by atoms with Crippen LogP contribution in [0.3, 0.4) is 0 Å². The Kier molecular flexibility index (Phi) is 3.45. The first-order chi connectivity index (χ1) is 6.79. The van der Waals surface area contributed by atoms with Crippen LogP contribution in [-0.4, -0.2) is 19.5 Å². The zero-order valence-electron chi connectivity index (χ0n) is 10.1. The third-order valence-electron chi connectivity index (χ3n) is 1.92. The monoisotopic (exact) mass is 223 g/mol. The highest BCUT2D eigenvalue weighted by Gasteiger charge is 2.16. The zero-order valence-corrected chi connectivity index (χ0v) is 11.1. The molecule has 0 spiro atoms. The molecular weight excluding hydrogens is 204 g/mol. The number of ether oxygens (including phenoxy) is 1. The average molecular weight is 223 g/mol. The Bertz CT molecular complexity index is 340. The Morgan fingerprint density at radius 1 is 1.20 bits per heavy atom. The molecule has 15 heavy (non-hydrogen) atoms. The molecule has 1 rings (SSSR count). The van der Waals surface area contributed by atoms with Crippen LogP contribution >= 0.6 is 0 Å². The molecule has 83 valence electrons. The molecule has 0 atom stereocenters. The van der Waals surface area contributed by atoms with E-state index >= 15 is 0 Å². The van der Waals surface area contributed by atoms with E-state index < -0.39 is 8.80 Å². The average Bonchev–Trinajstić information content (AvgIpc) is 2.05. The minimum Gasteiger partial charge on any atom is -0.508 e. The van der Waals surface area contributed by atoms with Gasteiger partial charge in [0, 0.05) is 0 Å². The van der Waals surface area contributed by atoms with Crippen molar-refractivity contribution in [2.24, 2.45) is 0 Å². The number of hydrogen-bond donors (Lipinski definition) is 1. The summed E-state index contributed by atoms with van der Waals surface area (Å²) in [7, 11) is -0.621. The zero-order chi connectivity index (χ0) is 11.6. The lowest BCUT2D eigenvalue weighted by Crippen LogP contribution is -2.31. The molecule has 0 fully saturated rings. The molecule has 0 saturated heterocycles. The molecule has 1 radical (unpaired) electrons. The number of rotatable bonds is 2. The van der Waals surface area contributed by atoms with Crippen LogP contribution in [0, 0.1) is 0 Å². The Hall–Kier alpha value is -0.963. The summed E-state index contributed by atoms with van der Waals surface area (Å²) in [5.41, 5.74) is -0.191. The number of benzene rings is 1. The van der Waals surface area contributed by atoms with Gasteiger partial charge in [0.25, 0.3) is 0 Å². The van der Waals surface area contributed by atoms with E-state index in [1.165, 1.54) is 0 Å². The van der Waals surface area contributed by atoms with Crippen LogP contribution < -0.4 is 9.92 Å². The second-order valence-electron chi connectivity index (χ2n) is 4.89. The second-order valence-corrected chi connectivity index (χ2v) is 7.43. The Morgan fingerprint density at radius 2 is 1.80 bits per heavy atom. The first-order valence-corrected chi connectivity index (χ1v) is 7.62. The van der Waals surface area contributed by atoms with Gasteiger partial charge in [-0.1, -0.05) is 13.1 Å². The van der Waals surface area contributed by atoms with E-state index in [9.17, 15) is 5.11 Å². The minimum absolute atomic E-state index is 0.191. The summed E-state index contributed by atoms with van der Waals surface area (Å²) < 4.78 is 5.86. The van der Waals surface area contributed by atoms with Crippen molar-refractivity contribution in [3.8, 4) is 11.5 Å². The molecule has 0 unspecified atom stereocenters. The normalized spacial score (nSPS) is 11.9. The summed E-state index contributed by atoms with van der Waals surface area (Å²) >= 11 is 0. The fraction of sp³-hybridized carbons (Fsp3) is 0.500. The maximum atomic E-state index is 9.45. The van der Waals surface area contributed by atoms with Crippen LogP contribution in [0.2, 0.25) is 13.1 Å². The number of hydrogen-bond acceptors (Lipinski definition) is 2. The van der Waals surface area contributed by atoms with E-state index in [-0.39, 0.29) is 5.60 Å². The predicted molar refractivity (Wildman–Crippen MR) is 65.6 cm³/mol. The molecule has 1 N–H and O–H groups in total. The third-order valence-corrected chi connectivity index (χ3v) is 3.39. The lowest BCUT2D eigenvalue weighted by molar-refractivity contribution is 0.132. The fourth-order valence-electron chi connectivity index (χ4n) is 1.33. The maximum Gasteiger partial charge on any atom is 0.119 e. The molecule has 0 aromatic heterocycles. The van der Waals surface area contributed by atoms with Crippen LogP contribution in [0.5, 0.6) is 11.5 Å². The summed E-state index contributed by atoms with van der Waals surface area (Å²) in [5.74, 6) is 1.22. The van der Waals surface area contributed by atoms with Gasteiger partial charge in [0.15, 0.2) is 0 Å². The predicted octanol–water partition coefficient (Wildman–Crippen LogP) is 2.53. The van der Waals surface area contributed by atoms with Crippen molar-refractivity contribution < 1.29 is 9.84 Å². The van der Waals surface area contributed by atoms with Crippen molar-refractivity contribution in [1.82, 2.24) is 0 Å². The lowest BCUT2D eigenvalue weighted by Gasteiger charge is -2.24. The van der Waals surface area contributed by atoms with E-state index in [0.717, 1.165) is 10.9 Å². The van der Waals surface area contributed by atoms with Crippen molar-refractivity contribution in [2.75, 3.05) is 0 Å². The first kappa shape index (κ1) is 12.1. The largest absolute Gasteiger partial charge is 0.508 e. The topological polar surface area (TPSA) is 29.5 Å². The summed E-state index contributed by atoms with van der Waals surface area (Å²) in [6.45, 7) is 10.5. The van der Waals surface area contributed by atoms with Crippen LogP contribution in [0.25, 0.3) is 0 Å². The van der Waals surface area contributed by atoms with Gasteiger partial charge in [0.1, 0.15) is 17.1 Å². The first-order valence-electron chi connectivity index (χ1n) is 5.12. The van der Waals surface area contributed by atoms with Crippen molar-refractivity contribution in [3.05, 3.63) is 18.2 Å². The highest BCUT2D eigenvalue weighted by Crippen LogP contribution is 2.20. The second kappa shape index (κ2) is 4.27. The molecular formula is C12H19O2Si. The molecule has 1 aromatic carbocycles. The number of phenols is 1. The standard InChI is InChI=1S/C12H19O2Si/c1-12(2,3)14-10-7-6-9(13)8-11(10)15(4)5/h6-8,13H,1-5H3. The highest BCUT2D eigenvalue weighted by atomic mass is 28.3.